The van der Waals surface area contributed by atoms with E-state index in [1.54, 1.807) is 24.7 Å². The first-order valence-electron chi connectivity index (χ1n) is 8.84. The molecule has 1 amide bonds. The number of fused-ring (bicyclic) bond motifs is 1. The molecule has 4 rings (SSSR count). The normalized spacial score (nSPS) is 10.8. The lowest BCUT2D eigenvalue weighted by Crippen LogP contribution is -2.25. The van der Waals surface area contributed by atoms with E-state index in [9.17, 15) is 4.79 Å². The number of hydrogen-bond acceptors (Lipinski definition) is 4. The number of carbonyl (C=O) groups is 1. The highest BCUT2D eigenvalue weighted by atomic mass is 16.3. The highest BCUT2D eigenvalue weighted by Gasteiger charge is 2.08. The minimum Gasteiger partial charge on any atom is -0.467 e. The maximum absolute atomic E-state index is 12.4. The van der Waals surface area contributed by atoms with Crippen molar-refractivity contribution in [2.45, 2.75) is 13.0 Å². The van der Waals surface area contributed by atoms with E-state index >= 15 is 0 Å². The quantitative estimate of drug-likeness (QED) is 0.469. The number of hydrogen-bond donors (Lipinski definition) is 3. The van der Waals surface area contributed by atoms with Crippen LogP contribution in [0.1, 0.15) is 21.7 Å². The van der Waals surface area contributed by atoms with Crippen LogP contribution in [-0.4, -0.2) is 22.4 Å². The van der Waals surface area contributed by atoms with Crippen molar-refractivity contribution in [3.8, 4) is 0 Å². The Kier molecular flexibility index (Phi) is 4.87. The highest BCUT2D eigenvalue weighted by Crippen LogP contribution is 2.17. The van der Waals surface area contributed by atoms with E-state index in [0.717, 1.165) is 23.4 Å². The number of benzene rings is 1. The average Bonchev–Trinajstić information content (AvgIpc) is 3.37. The molecule has 0 saturated heterocycles. The van der Waals surface area contributed by atoms with E-state index in [2.05, 4.69) is 26.7 Å². The largest absolute Gasteiger partial charge is 0.467 e. The van der Waals surface area contributed by atoms with Crippen LogP contribution in [0.25, 0.3) is 10.9 Å². The zero-order valence-corrected chi connectivity index (χ0v) is 14.7. The van der Waals surface area contributed by atoms with Gasteiger partial charge in [-0.2, -0.15) is 0 Å². The Hall–Kier alpha value is -3.54. The van der Waals surface area contributed by atoms with Gasteiger partial charge in [0.05, 0.1) is 24.1 Å². The number of anilines is 1. The van der Waals surface area contributed by atoms with E-state index in [1.165, 1.54) is 10.9 Å². The van der Waals surface area contributed by atoms with Crippen LogP contribution < -0.4 is 10.6 Å². The summed E-state index contributed by atoms with van der Waals surface area (Å²) < 4.78 is 5.29. The van der Waals surface area contributed by atoms with Gasteiger partial charge in [0.1, 0.15) is 5.76 Å². The van der Waals surface area contributed by atoms with E-state index in [1.807, 2.05) is 36.5 Å². The summed E-state index contributed by atoms with van der Waals surface area (Å²) in [5.41, 5.74) is 3.60. The number of para-hydroxylation sites is 1. The fourth-order valence-electron chi connectivity index (χ4n) is 3.01. The first-order valence-corrected chi connectivity index (χ1v) is 8.84. The molecule has 1 aromatic carbocycles. The fourth-order valence-corrected chi connectivity index (χ4v) is 3.01. The van der Waals surface area contributed by atoms with Crippen molar-refractivity contribution in [2.24, 2.45) is 0 Å². The molecule has 0 bridgehead atoms. The van der Waals surface area contributed by atoms with Gasteiger partial charge in [-0.3, -0.25) is 9.78 Å². The maximum atomic E-state index is 12.4. The van der Waals surface area contributed by atoms with Crippen molar-refractivity contribution >= 4 is 22.5 Å². The number of carbonyl (C=O) groups excluding carboxylic acids is 1. The van der Waals surface area contributed by atoms with Crippen molar-refractivity contribution in [3.63, 3.8) is 0 Å². The molecule has 0 atom stereocenters. The molecule has 6 heteroatoms. The van der Waals surface area contributed by atoms with Gasteiger partial charge in [-0.25, -0.2) is 0 Å². The molecule has 0 aliphatic heterocycles. The van der Waals surface area contributed by atoms with Crippen LogP contribution in [0.4, 0.5) is 5.69 Å². The Balaban J connectivity index is 1.33. The second kappa shape index (κ2) is 7.78. The molecular formula is C21H20N4O2. The second-order valence-electron chi connectivity index (χ2n) is 6.26. The third-order valence-corrected chi connectivity index (χ3v) is 4.40. The molecule has 3 heterocycles. The van der Waals surface area contributed by atoms with Crippen LogP contribution in [0.2, 0.25) is 0 Å². The highest BCUT2D eigenvalue weighted by molar-refractivity contribution is 5.94. The van der Waals surface area contributed by atoms with Crippen molar-refractivity contribution < 1.29 is 9.21 Å². The summed E-state index contributed by atoms with van der Waals surface area (Å²) in [4.78, 5) is 19.8. The van der Waals surface area contributed by atoms with Gasteiger partial charge in [-0.05, 0) is 36.2 Å². The summed E-state index contributed by atoms with van der Waals surface area (Å²) in [7, 11) is 0. The number of aromatic nitrogens is 2. The van der Waals surface area contributed by atoms with Gasteiger partial charge in [-0.15, -0.1) is 0 Å². The molecule has 136 valence electrons. The molecule has 0 aliphatic carbocycles. The SMILES string of the molecule is O=C(NCCc1c[nH]c2ccccc12)c1cncc(NCc2ccco2)c1. The Bertz CT molecular complexity index is 1040. The lowest BCUT2D eigenvalue weighted by atomic mass is 10.1. The molecule has 0 spiro atoms. The van der Waals surface area contributed by atoms with Gasteiger partial charge in [0.2, 0.25) is 0 Å². The summed E-state index contributed by atoms with van der Waals surface area (Å²) in [5.74, 6) is 0.688. The summed E-state index contributed by atoms with van der Waals surface area (Å²) >= 11 is 0. The van der Waals surface area contributed by atoms with Crippen molar-refractivity contribution in [2.75, 3.05) is 11.9 Å². The number of H-pyrrole nitrogens is 1. The van der Waals surface area contributed by atoms with Gasteiger partial charge in [0.15, 0.2) is 0 Å². The maximum Gasteiger partial charge on any atom is 0.252 e. The summed E-state index contributed by atoms with van der Waals surface area (Å²) in [6.45, 7) is 1.10. The number of rotatable bonds is 7. The zero-order valence-electron chi connectivity index (χ0n) is 14.7. The van der Waals surface area contributed by atoms with Crippen molar-refractivity contribution in [1.29, 1.82) is 0 Å². The monoisotopic (exact) mass is 360 g/mol. The number of pyridine rings is 1. The molecule has 4 aromatic rings. The van der Waals surface area contributed by atoms with E-state index in [0.29, 0.717) is 18.7 Å². The Morgan fingerprint density at radius 3 is 2.96 bits per heavy atom. The molecule has 0 saturated carbocycles. The van der Waals surface area contributed by atoms with Crippen LogP contribution >= 0.6 is 0 Å². The fraction of sp³-hybridized carbons (Fsp3) is 0.143. The lowest BCUT2D eigenvalue weighted by Gasteiger charge is -2.08. The predicted molar refractivity (Wildman–Crippen MR) is 105 cm³/mol. The van der Waals surface area contributed by atoms with Gasteiger partial charge < -0.3 is 20.0 Å². The lowest BCUT2D eigenvalue weighted by molar-refractivity contribution is 0.0954. The summed E-state index contributed by atoms with van der Waals surface area (Å²) in [6, 6.07) is 13.7. The van der Waals surface area contributed by atoms with Crippen LogP contribution in [0, 0.1) is 0 Å². The van der Waals surface area contributed by atoms with Gasteiger partial charge in [0, 0.05) is 36.0 Å². The molecule has 0 radical (unpaired) electrons. The molecule has 3 aromatic heterocycles. The molecule has 6 nitrogen and oxygen atoms in total. The van der Waals surface area contributed by atoms with Crippen LogP contribution in [0.5, 0.6) is 0 Å². The molecule has 0 fully saturated rings. The smallest absolute Gasteiger partial charge is 0.252 e. The minimum absolute atomic E-state index is 0.135. The van der Waals surface area contributed by atoms with Gasteiger partial charge >= 0.3 is 0 Å². The number of nitrogens with one attached hydrogen (secondary N) is 3. The number of aromatic amines is 1. The molecule has 3 N–H and O–H groups in total. The predicted octanol–water partition coefficient (Wildman–Crippen LogP) is 3.74. The average molecular weight is 360 g/mol. The summed E-state index contributed by atoms with van der Waals surface area (Å²) in [6.07, 6.45) is 7.65. The van der Waals surface area contributed by atoms with Crippen LogP contribution in [0.15, 0.2) is 71.7 Å². The Morgan fingerprint density at radius 2 is 2.07 bits per heavy atom. The Labute approximate surface area is 156 Å². The Morgan fingerprint density at radius 1 is 1.15 bits per heavy atom. The van der Waals surface area contributed by atoms with Crippen LogP contribution in [-0.2, 0) is 13.0 Å². The van der Waals surface area contributed by atoms with Gasteiger partial charge in [0.25, 0.3) is 5.91 Å². The first-order chi connectivity index (χ1) is 13.3. The third-order valence-electron chi connectivity index (χ3n) is 4.40. The van der Waals surface area contributed by atoms with Crippen molar-refractivity contribution in [1.82, 2.24) is 15.3 Å². The van der Waals surface area contributed by atoms with Crippen LogP contribution in [0.3, 0.4) is 0 Å². The molecular weight excluding hydrogens is 340 g/mol. The number of nitrogens with zero attached hydrogens (tertiary/aromatic N) is 1. The zero-order chi connectivity index (χ0) is 18.5. The standard InChI is InChI=1S/C21H20N4O2/c26-21(23-8-7-15-12-25-20-6-2-1-5-19(15)20)16-10-17(13-22-11-16)24-14-18-4-3-9-27-18/h1-6,9-13,24-25H,7-8,14H2,(H,23,26). The van der Waals surface area contributed by atoms with E-state index in [4.69, 9.17) is 4.42 Å². The molecule has 0 aliphatic rings. The second-order valence-corrected chi connectivity index (χ2v) is 6.26. The van der Waals surface area contributed by atoms with Gasteiger partial charge in [-0.1, -0.05) is 18.2 Å². The minimum atomic E-state index is -0.135. The third kappa shape index (κ3) is 4.00. The molecule has 27 heavy (non-hydrogen) atoms. The van der Waals surface area contributed by atoms with Crippen molar-refractivity contribution in [3.05, 3.63) is 84.2 Å². The molecule has 0 unspecified atom stereocenters. The first kappa shape index (κ1) is 16.9. The topological polar surface area (TPSA) is 83.0 Å². The van der Waals surface area contributed by atoms with E-state index in [-0.39, 0.29) is 5.91 Å². The number of amides is 1. The number of furan rings is 1. The summed E-state index contributed by atoms with van der Waals surface area (Å²) in [5, 5.41) is 7.35. The van der Waals surface area contributed by atoms with E-state index < -0.39 is 0 Å².